The Bertz CT molecular complexity index is 1990. The van der Waals surface area contributed by atoms with E-state index in [0.29, 0.717) is 6.61 Å². The van der Waals surface area contributed by atoms with Gasteiger partial charge in [0.1, 0.15) is 35.5 Å². The molecule has 1 aromatic heterocycles. The molecule has 2 heterocycles. The third-order valence-corrected chi connectivity index (χ3v) is 9.83. The first-order valence-electron chi connectivity index (χ1n) is 16.9. The first kappa shape index (κ1) is 35.6. The summed E-state index contributed by atoms with van der Waals surface area (Å²) >= 11 is 1.50. The SMILES string of the molecule is Fc1cc(-c2cn([C@H]3[C@@H](OCc4ccccc4)[C@@H](COCc4ccccc4)O[C@@H](Sc4ccccc4)[C@@H]3OCc3ccccc3)nn2)cc(F)c1F. The Hall–Kier alpha value is -4.78. The van der Waals surface area contributed by atoms with Crippen LogP contribution in [-0.4, -0.2) is 45.3 Å². The lowest BCUT2D eigenvalue weighted by atomic mass is 9.96. The lowest BCUT2D eigenvalue weighted by molar-refractivity contribution is -0.217. The molecule has 52 heavy (non-hydrogen) atoms. The van der Waals surface area contributed by atoms with Crippen molar-refractivity contribution in [2.24, 2.45) is 0 Å². The van der Waals surface area contributed by atoms with E-state index in [2.05, 4.69) is 10.3 Å². The van der Waals surface area contributed by atoms with Gasteiger partial charge in [0.2, 0.25) is 0 Å². The van der Waals surface area contributed by atoms with Crippen LogP contribution < -0.4 is 0 Å². The minimum absolute atomic E-state index is 0.0381. The van der Waals surface area contributed by atoms with Crippen molar-refractivity contribution in [3.8, 4) is 11.3 Å². The number of hydrogen-bond donors (Lipinski definition) is 0. The first-order valence-corrected chi connectivity index (χ1v) is 17.8. The van der Waals surface area contributed by atoms with Gasteiger partial charge in [-0.3, -0.25) is 0 Å². The molecule has 0 bridgehead atoms. The normalized spacial score (nSPS) is 20.2. The minimum atomic E-state index is -1.55. The second-order valence-electron chi connectivity index (χ2n) is 12.3. The molecule has 11 heteroatoms. The molecule has 0 spiro atoms. The van der Waals surface area contributed by atoms with Crippen molar-refractivity contribution >= 4 is 11.8 Å². The monoisotopic (exact) mass is 723 g/mol. The Morgan fingerprint density at radius 2 is 1.17 bits per heavy atom. The van der Waals surface area contributed by atoms with Gasteiger partial charge in [0.15, 0.2) is 17.5 Å². The summed E-state index contributed by atoms with van der Waals surface area (Å²) in [4.78, 5) is 0.962. The van der Waals surface area contributed by atoms with Gasteiger partial charge < -0.3 is 18.9 Å². The summed E-state index contributed by atoms with van der Waals surface area (Å²) < 4.78 is 70.9. The minimum Gasteiger partial charge on any atom is -0.374 e. The van der Waals surface area contributed by atoms with Crippen LogP contribution in [-0.2, 0) is 38.8 Å². The lowest BCUT2D eigenvalue weighted by Crippen LogP contribution is -2.57. The van der Waals surface area contributed by atoms with Crippen LogP contribution in [0.4, 0.5) is 13.2 Å². The molecule has 1 aliphatic heterocycles. The van der Waals surface area contributed by atoms with Crippen molar-refractivity contribution in [2.75, 3.05) is 6.61 Å². The highest BCUT2D eigenvalue weighted by Crippen LogP contribution is 2.42. The van der Waals surface area contributed by atoms with E-state index >= 15 is 0 Å². The molecule has 1 fully saturated rings. The largest absolute Gasteiger partial charge is 0.374 e. The van der Waals surface area contributed by atoms with Crippen LogP contribution in [0.1, 0.15) is 22.7 Å². The molecule has 6 aromatic rings. The van der Waals surface area contributed by atoms with E-state index in [9.17, 15) is 13.2 Å². The molecule has 5 aromatic carbocycles. The molecule has 7 nitrogen and oxygen atoms in total. The highest BCUT2D eigenvalue weighted by atomic mass is 32.2. The summed E-state index contributed by atoms with van der Waals surface area (Å²) in [5, 5.41) is 8.76. The number of ether oxygens (including phenoxy) is 4. The van der Waals surface area contributed by atoms with Gasteiger partial charge in [0, 0.05) is 10.5 Å². The van der Waals surface area contributed by atoms with Gasteiger partial charge in [-0.1, -0.05) is 126 Å². The molecule has 0 saturated carbocycles. The number of benzene rings is 5. The predicted molar refractivity (Wildman–Crippen MR) is 191 cm³/mol. The Morgan fingerprint density at radius 1 is 0.654 bits per heavy atom. The van der Waals surface area contributed by atoms with E-state index in [1.165, 1.54) is 11.8 Å². The second-order valence-corrected chi connectivity index (χ2v) is 13.5. The van der Waals surface area contributed by atoms with Crippen LogP contribution in [0.3, 0.4) is 0 Å². The zero-order valence-electron chi connectivity index (χ0n) is 28.0. The zero-order chi connectivity index (χ0) is 35.7. The van der Waals surface area contributed by atoms with Gasteiger partial charge in [0.25, 0.3) is 0 Å². The van der Waals surface area contributed by atoms with Crippen LogP contribution in [0, 0.1) is 17.5 Å². The van der Waals surface area contributed by atoms with Crippen LogP contribution >= 0.6 is 11.8 Å². The van der Waals surface area contributed by atoms with Crippen LogP contribution in [0.15, 0.2) is 145 Å². The average Bonchev–Trinajstić information content (AvgIpc) is 3.67. The molecule has 5 atom stereocenters. The summed E-state index contributed by atoms with van der Waals surface area (Å²) in [7, 11) is 0. The maximum absolute atomic E-state index is 14.3. The molecule has 0 amide bonds. The van der Waals surface area contributed by atoms with Crippen molar-refractivity contribution in [1.29, 1.82) is 0 Å². The summed E-state index contributed by atoms with van der Waals surface area (Å²) in [5.41, 5.74) is 2.52. The molecule has 7 rings (SSSR count). The highest BCUT2D eigenvalue weighted by Gasteiger charge is 2.49. The van der Waals surface area contributed by atoms with Crippen molar-refractivity contribution in [1.82, 2.24) is 15.0 Å². The topological polar surface area (TPSA) is 67.6 Å². The predicted octanol–water partition coefficient (Wildman–Crippen LogP) is 8.81. The first-order chi connectivity index (χ1) is 25.5. The number of rotatable bonds is 14. The lowest BCUT2D eigenvalue weighted by Gasteiger charge is -2.46. The van der Waals surface area contributed by atoms with Gasteiger partial charge >= 0.3 is 0 Å². The molecule has 0 N–H and O–H groups in total. The molecule has 0 unspecified atom stereocenters. The number of aromatic nitrogens is 3. The fourth-order valence-corrected chi connectivity index (χ4v) is 7.25. The Morgan fingerprint density at radius 3 is 1.75 bits per heavy atom. The maximum atomic E-state index is 14.3. The Labute approximate surface area is 304 Å². The fourth-order valence-electron chi connectivity index (χ4n) is 6.10. The standard InChI is InChI=1S/C41H36F3N3O4S/c42-33-21-31(22-34(43)37(33)44)35-23-47(46-45-35)38-39(49-25-29-15-7-2-8-16-29)36(27-48-24-28-13-5-1-6-14-28)51-41(52-32-19-11-4-12-20-32)40(38)50-26-30-17-9-3-10-18-30/h1-23,36,38-41H,24-27H2/t36-,38+,39+,40-,41+/m1/s1. The summed E-state index contributed by atoms with van der Waals surface area (Å²) in [6.45, 7) is 1.04. The van der Waals surface area contributed by atoms with E-state index in [1.54, 1.807) is 10.9 Å². The van der Waals surface area contributed by atoms with E-state index < -0.39 is 47.2 Å². The van der Waals surface area contributed by atoms with Gasteiger partial charge in [-0.15, -0.1) is 5.10 Å². The van der Waals surface area contributed by atoms with E-state index in [0.717, 1.165) is 33.7 Å². The van der Waals surface area contributed by atoms with Crippen molar-refractivity contribution < 1.29 is 32.1 Å². The number of halogens is 3. The van der Waals surface area contributed by atoms with Crippen molar-refractivity contribution in [2.45, 2.75) is 54.5 Å². The summed E-state index contributed by atoms with van der Waals surface area (Å²) in [5.74, 6) is -4.19. The molecular formula is C41H36F3N3O4S. The maximum Gasteiger partial charge on any atom is 0.194 e. The third-order valence-electron chi connectivity index (χ3n) is 8.67. The average molecular weight is 724 g/mol. The third kappa shape index (κ3) is 8.80. The number of nitrogens with zero attached hydrogens (tertiary/aromatic N) is 3. The molecule has 0 radical (unpaired) electrons. The second kappa shape index (κ2) is 17.2. The van der Waals surface area contributed by atoms with E-state index in [4.69, 9.17) is 18.9 Å². The smallest absolute Gasteiger partial charge is 0.194 e. The number of thioether (sulfide) groups is 1. The van der Waals surface area contributed by atoms with Gasteiger partial charge in [0.05, 0.1) is 32.6 Å². The molecule has 1 saturated heterocycles. The van der Waals surface area contributed by atoms with Gasteiger partial charge in [-0.2, -0.15) is 0 Å². The fraction of sp³-hybridized carbons (Fsp3) is 0.220. The molecular weight excluding hydrogens is 688 g/mol. The van der Waals surface area contributed by atoms with Gasteiger partial charge in [-0.05, 0) is 41.0 Å². The molecule has 266 valence electrons. The summed E-state index contributed by atoms with van der Waals surface area (Å²) in [6, 6.07) is 40.4. The van der Waals surface area contributed by atoms with E-state index in [-0.39, 0.29) is 31.1 Å². The van der Waals surface area contributed by atoms with Gasteiger partial charge in [-0.25, -0.2) is 17.9 Å². The van der Waals surface area contributed by atoms with Crippen LogP contribution in [0.2, 0.25) is 0 Å². The molecule has 1 aliphatic rings. The summed E-state index contributed by atoms with van der Waals surface area (Å²) in [6.07, 6.45) is -0.400. The zero-order valence-corrected chi connectivity index (χ0v) is 28.8. The quantitative estimate of drug-likeness (QED) is 0.104. The van der Waals surface area contributed by atoms with Crippen LogP contribution in [0.25, 0.3) is 11.3 Å². The van der Waals surface area contributed by atoms with E-state index in [1.807, 2.05) is 121 Å². The number of hydrogen-bond acceptors (Lipinski definition) is 7. The molecule has 0 aliphatic carbocycles. The van der Waals surface area contributed by atoms with Crippen LogP contribution in [0.5, 0.6) is 0 Å². The Balaban J connectivity index is 1.29. The van der Waals surface area contributed by atoms with Crippen molar-refractivity contribution in [3.63, 3.8) is 0 Å². The highest BCUT2D eigenvalue weighted by molar-refractivity contribution is 7.99. The Kier molecular flexibility index (Phi) is 11.8. The van der Waals surface area contributed by atoms with Crippen molar-refractivity contribution in [3.05, 3.63) is 174 Å².